The van der Waals surface area contributed by atoms with E-state index in [1.807, 2.05) is 12.3 Å². The number of amides is 2. The van der Waals surface area contributed by atoms with Gasteiger partial charge >= 0.3 is 6.09 Å². The predicted octanol–water partition coefficient (Wildman–Crippen LogP) is 2.25. The molecule has 0 saturated carbocycles. The fourth-order valence-electron chi connectivity index (χ4n) is 3.02. The lowest BCUT2D eigenvalue weighted by Crippen LogP contribution is -2.36. The summed E-state index contributed by atoms with van der Waals surface area (Å²) in [5, 5.41) is 2.72. The number of rotatable bonds is 3. The molecule has 3 heterocycles. The fraction of sp³-hybridized carbons (Fsp3) is 0.600. The first kappa shape index (κ1) is 15.3. The van der Waals surface area contributed by atoms with E-state index in [9.17, 15) is 9.59 Å². The van der Waals surface area contributed by atoms with Gasteiger partial charge in [0, 0.05) is 19.5 Å². The Morgan fingerprint density at radius 2 is 2.27 bits per heavy atom. The molecule has 2 amide bonds. The zero-order valence-corrected chi connectivity index (χ0v) is 13.4. The standard InChI is InChI=1S/C15H20N2O4S/c1-22-9-11-3-4-12(20-11)13(18)17-7-2-5-15(6-8-17)10-16-14(19)21-15/h3-4H,2,5-10H2,1H3,(H,16,19)/t15-/m1/s1. The quantitative estimate of drug-likeness (QED) is 0.923. The average molecular weight is 324 g/mol. The van der Waals surface area contributed by atoms with Gasteiger partial charge in [-0.25, -0.2) is 4.79 Å². The number of thioether (sulfide) groups is 1. The number of likely N-dealkylation sites (tertiary alicyclic amines) is 1. The van der Waals surface area contributed by atoms with Crippen LogP contribution in [0.1, 0.15) is 35.6 Å². The number of hydrogen-bond donors (Lipinski definition) is 1. The monoisotopic (exact) mass is 324 g/mol. The summed E-state index contributed by atoms with van der Waals surface area (Å²) in [6, 6.07) is 3.59. The lowest BCUT2D eigenvalue weighted by atomic mass is 9.95. The van der Waals surface area contributed by atoms with Crippen molar-refractivity contribution in [1.82, 2.24) is 10.2 Å². The van der Waals surface area contributed by atoms with E-state index in [4.69, 9.17) is 9.15 Å². The van der Waals surface area contributed by atoms with Crippen LogP contribution in [0.15, 0.2) is 16.5 Å². The molecular formula is C15H20N2O4S. The first-order valence-electron chi connectivity index (χ1n) is 7.46. The molecule has 22 heavy (non-hydrogen) atoms. The predicted molar refractivity (Wildman–Crippen MR) is 82.9 cm³/mol. The second-order valence-electron chi connectivity index (χ2n) is 5.77. The number of carbonyl (C=O) groups is 2. The summed E-state index contributed by atoms with van der Waals surface area (Å²) in [6.07, 6.45) is 3.91. The number of carbonyl (C=O) groups excluding carboxylic acids is 2. The van der Waals surface area contributed by atoms with Crippen LogP contribution in [0.2, 0.25) is 0 Å². The molecule has 0 unspecified atom stereocenters. The van der Waals surface area contributed by atoms with Crippen LogP contribution in [0, 0.1) is 0 Å². The van der Waals surface area contributed by atoms with E-state index in [1.54, 1.807) is 22.7 Å². The highest BCUT2D eigenvalue weighted by Gasteiger charge is 2.42. The molecule has 1 spiro atoms. The summed E-state index contributed by atoms with van der Waals surface area (Å²) >= 11 is 1.66. The minimum Gasteiger partial charge on any atom is -0.455 e. The highest BCUT2D eigenvalue weighted by molar-refractivity contribution is 7.97. The molecular weight excluding hydrogens is 304 g/mol. The van der Waals surface area contributed by atoms with Crippen molar-refractivity contribution in [3.05, 3.63) is 23.7 Å². The van der Waals surface area contributed by atoms with Gasteiger partial charge in [-0.05, 0) is 31.2 Å². The van der Waals surface area contributed by atoms with E-state index in [0.717, 1.165) is 24.4 Å². The van der Waals surface area contributed by atoms with Crippen molar-refractivity contribution in [2.45, 2.75) is 30.6 Å². The minimum atomic E-state index is -0.445. The first-order chi connectivity index (χ1) is 10.6. The minimum absolute atomic E-state index is 0.0818. The van der Waals surface area contributed by atoms with Gasteiger partial charge in [-0.3, -0.25) is 4.79 Å². The van der Waals surface area contributed by atoms with Crippen LogP contribution in [0.3, 0.4) is 0 Å². The summed E-state index contributed by atoms with van der Waals surface area (Å²) in [5.74, 6) is 1.89. The Bertz CT molecular complexity index is 574. The Balaban J connectivity index is 1.65. The topological polar surface area (TPSA) is 71.8 Å². The molecule has 0 bridgehead atoms. The SMILES string of the molecule is CSCc1ccc(C(=O)N2CCC[C@@]3(CC2)CNC(=O)O3)o1. The van der Waals surface area contributed by atoms with E-state index >= 15 is 0 Å². The second-order valence-corrected chi connectivity index (χ2v) is 6.64. The van der Waals surface area contributed by atoms with Gasteiger partial charge in [-0.2, -0.15) is 11.8 Å². The van der Waals surface area contributed by atoms with Gasteiger partial charge in [0.15, 0.2) is 5.76 Å². The third-order valence-electron chi connectivity index (χ3n) is 4.21. The van der Waals surface area contributed by atoms with Crippen molar-refractivity contribution < 1.29 is 18.7 Å². The van der Waals surface area contributed by atoms with Crippen LogP contribution in [0.25, 0.3) is 0 Å². The fourth-order valence-corrected chi connectivity index (χ4v) is 3.46. The van der Waals surface area contributed by atoms with E-state index < -0.39 is 5.60 Å². The van der Waals surface area contributed by atoms with Gasteiger partial charge in [0.1, 0.15) is 11.4 Å². The summed E-state index contributed by atoms with van der Waals surface area (Å²) in [5.41, 5.74) is -0.445. The van der Waals surface area contributed by atoms with Crippen molar-refractivity contribution >= 4 is 23.8 Å². The summed E-state index contributed by atoms with van der Waals surface area (Å²) in [6.45, 7) is 1.77. The molecule has 6 nitrogen and oxygen atoms in total. The van der Waals surface area contributed by atoms with Crippen LogP contribution >= 0.6 is 11.8 Å². The molecule has 1 atom stereocenters. The van der Waals surface area contributed by atoms with E-state index in [-0.39, 0.29) is 12.0 Å². The summed E-state index contributed by atoms with van der Waals surface area (Å²) in [7, 11) is 0. The Morgan fingerprint density at radius 1 is 1.41 bits per heavy atom. The van der Waals surface area contributed by atoms with Crippen LogP contribution in [-0.2, 0) is 10.5 Å². The smallest absolute Gasteiger partial charge is 0.407 e. The maximum Gasteiger partial charge on any atom is 0.407 e. The van der Waals surface area contributed by atoms with Crippen molar-refractivity contribution in [3.63, 3.8) is 0 Å². The maximum absolute atomic E-state index is 12.5. The van der Waals surface area contributed by atoms with E-state index in [0.29, 0.717) is 31.8 Å². The third kappa shape index (κ3) is 3.09. The normalized spacial score (nSPS) is 25.0. The molecule has 0 radical (unpaired) electrons. The van der Waals surface area contributed by atoms with Gasteiger partial charge < -0.3 is 19.4 Å². The zero-order chi connectivity index (χ0) is 15.6. The Labute approximate surface area is 133 Å². The Morgan fingerprint density at radius 3 is 3.00 bits per heavy atom. The molecule has 2 aliphatic rings. The van der Waals surface area contributed by atoms with Gasteiger partial charge in [0.05, 0.1) is 12.3 Å². The molecule has 2 aliphatic heterocycles. The van der Waals surface area contributed by atoms with Crippen LogP contribution < -0.4 is 5.32 Å². The number of furan rings is 1. The maximum atomic E-state index is 12.5. The van der Waals surface area contributed by atoms with Crippen molar-refractivity contribution in [1.29, 1.82) is 0 Å². The third-order valence-corrected chi connectivity index (χ3v) is 4.78. The van der Waals surface area contributed by atoms with Crippen molar-refractivity contribution in [2.24, 2.45) is 0 Å². The molecule has 1 N–H and O–H groups in total. The molecule has 2 fully saturated rings. The summed E-state index contributed by atoms with van der Waals surface area (Å²) in [4.78, 5) is 25.6. The molecule has 0 aromatic carbocycles. The number of alkyl carbamates (subject to hydrolysis) is 1. The molecule has 120 valence electrons. The van der Waals surface area contributed by atoms with Crippen LogP contribution in [0.5, 0.6) is 0 Å². The molecule has 2 saturated heterocycles. The lowest BCUT2D eigenvalue weighted by molar-refractivity contribution is 0.0435. The highest BCUT2D eigenvalue weighted by atomic mass is 32.2. The molecule has 7 heteroatoms. The van der Waals surface area contributed by atoms with Crippen LogP contribution in [0.4, 0.5) is 4.79 Å². The molecule has 0 aliphatic carbocycles. The van der Waals surface area contributed by atoms with E-state index in [1.165, 1.54) is 0 Å². The number of nitrogens with zero attached hydrogens (tertiary/aromatic N) is 1. The average Bonchev–Trinajstić information content (AvgIpc) is 3.04. The highest BCUT2D eigenvalue weighted by Crippen LogP contribution is 2.30. The van der Waals surface area contributed by atoms with Gasteiger partial charge in [-0.15, -0.1) is 0 Å². The lowest BCUT2D eigenvalue weighted by Gasteiger charge is -2.24. The van der Waals surface area contributed by atoms with Crippen molar-refractivity contribution in [2.75, 3.05) is 25.9 Å². The second kappa shape index (κ2) is 6.24. The molecule has 1 aromatic heterocycles. The van der Waals surface area contributed by atoms with Gasteiger partial charge in [0.25, 0.3) is 5.91 Å². The largest absolute Gasteiger partial charge is 0.455 e. The Hall–Kier alpha value is -1.63. The molecule has 3 rings (SSSR count). The number of hydrogen-bond acceptors (Lipinski definition) is 5. The van der Waals surface area contributed by atoms with Gasteiger partial charge in [0.2, 0.25) is 0 Å². The number of ether oxygens (including phenoxy) is 1. The van der Waals surface area contributed by atoms with E-state index in [2.05, 4.69) is 5.32 Å². The van der Waals surface area contributed by atoms with Crippen molar-refractivity contribution in [3.8, 4) is 0 Å². The first-order valence-corrected chi connectivity index (χ1v) is 8.85. The zero-order valence-electron chi connectivity index (χ0n) is 12.6. The summed E-state index contributed by atoms with van der Waals surface area (Å²) < 4.78 is 11.0. The Kier molecular flexibility index (Phi) is 4.33. The van der Waals surface area contributed by atoms with Crippen LogP contribution in [-0.4, -0.2) is 48.4 Å². The van der Waals surface area contributed by atoms with Gasteiger partial charge in [-0.1, -0.05) is 0 Å². The molecule has 1 aromatic rings. The number of nitrogens with one attached hydrogen (secondary N) is 1.